The lowest BCUT2D eigenvalue weighted by Gasteiger charge is -2.17. The van der Waals surface area contributed by atoms with Gasteiger partial charge in [0.05, 0.1) is 12.1 Å². The fraction of sp³-hybridized carbons (Fsp3) is 0.263. The zero-order valence-corrected chi connectivity index (χ0v) is 18.2. The van der Waals surface area contributed by atoms with Crippen molar-refractivity contribution >= 4 is 48.5 Å². The molecule has 27 heavy (non-hydrogen) atoms. The molecule has 0 aliphatic carbocycles. The van der Waals surface area contributed by atoms with Crippen LogP contribution in [-0.2, 0) is 12.0 Å². The van der Waals surface area contributed by atoms with Gasteiger partial charge in [0.25, 0.3) is 0 Å². The van der Waals surface area contributed by atoms with Crippen LogP contribution in [0.25, 0.3) is 16.7 Å². The molecule has 0 radical (unpaired) electrons. The lowest BCUT2D eigenvalue weighted by Crippen LogP contribution is -2.31. The van der Waals surface area contributed by atoms with Crippen LogP contribution in [0.4, 0.5) is 0 Å². The van der Waals surface area contributed by atoms with Crippen molar-refractivity contribution in [2.75, 3.05) is 0 Å². The van der Waals surface area contributed by atoms with Crippen molar-refractivity contribution in [3.8, 4) is 0 Å². The van der Waals surface area contributed by atoms with E-state index in [2.05, 4.69) is 47.0 Å². The molecule has 0 amide bonds. The number of nitrogens with zero attached hydrogens (tertiary/aromatic N) is 5. The lowest BCUT2D eigenvalue weighted by atomic mass is 9.96. The Labute approximate surface area is 172 Å². The Hall–Kier alpha value is -2.06. The van der Waals surface area contributed by atoms with Crippen molar-refractivity contribution in [1.82, 2.24) is 24.1 Å². The van der Waals surface area contributed by atoms with Crippen LogP contribution in [-0.4, -0.2) is 24.1 Å². The molecule has 4 rings (SSSR count). The lowest BCUT2D eigenvalue weighted by molar-refractivity contribution is 0.530. The average Bonchev–Trinajstić information content (AvgIpc) is 3.06. The Morgan fingerprint density at radius 3 is 2.41 bits per heavy atom. The summed E-state index contributed by atoms with van der Waals surface area (Å²) in [5.74, 6) is 0.624. The first-order valence-electron chi connectivity index (χ1n) is 8.44. The third kappa shape index (κ3) is 3.21. The number of aromatic nitrogens is 5. The fourth-order valence-corrected chi connectivity index (χ4v) is 3.64. The Bertz CT molecular complexity index is 1220. The number of hydrogen-bond acceptors (Lipinski definition) is 4. The molecular formula is C19H17Br2N5O. The second-order valence-electron chi connectivity index (χ2n) is 7.45. The maximum Gasteiger partial charge on any atom is 0.336 e. The van der Waals surface area contributed by atoms with Crippen molar-refractivity contribution < 1.29 is 0 Å². The molecule has 1 aromatic carbocycles. The molecule has 0 N–H and O–H groups in total. The number of halogens is 2. The number of fused-ring (bicyclic) bond motifs is 3. The third-order valence-corrected chi connectivity index (χ3v) is 5.31. The molecule has 0 saturated heterocycles. The van der Waals surface area contributed by atoms with E-state index in [1.165, 1.54) is 0 Å². The minimum absolute atomic E-state index is 0.171. The summed E-state index contributed by atoms with van der Waals surface area (Å²) in [6.45, 7) is 6.47. The number of hydrogen-bond donors (Lipinski definition) is 0. The smallest absolute Gasteiger partial charge is 0.287 e. The third-order valence-electron chi connectivity index (χ3n) is 4.35. The fourth-order valence-electron chi connectivity index (χ4n) is 3.06. The first kappa shape index (κ1) is 18.3. The Kier molecular flexibility index (Phi) is 4.43. The highest BCUT2D eigenvalue weighted by Gasteiger charge is 2.25. The van der Waals surface area contributed by atoms with Crippen molar-refractivity contribution in [2.45, 2.75) is 32.7 Å². The van der Waals surface area contributed by atoms with Gasteiger partial charge in [0.2, 0.25) is 0 Å². The average molecular weight is 491 g/mol. The molecule has 0 unspecified atom stereocenters. The maximum atomic E-state index is 13.4. The summed E-state index contributed by atoms with van der Waals surface area (Å²) in [5.41, 5.74) is 2.38. The topological polar surface area (TPSA) is 65.1 Å². The zero-order valence-electron chi connectivity index (χ0n) is 15.1. The van der Waals surface area contributed by atoms with Gasteiger partial charge in [-0.15, -0.1) is 10.2 Å². The Morgan fingerprint density at radius 1 is 1.04 bits per heavy atom. The molecule has 0 fully saturated rings. The van der Waals surface area contributed by atoms with Crippen molar-refractivity contribution in [1.29, 1.82) is 0 Å². The molecule has 3 aromatic heterocycles. The van der Waals surface area contributed by atoms with Gasteiger partial charge in [-0.2, -0.15) is 0 Å². The molecule has 138 valence electrons. The molecule has 0 spiro atoms. The standard InChI is InChI=1S/C19H17Br2N5O/c1-19(2,3)17-24-23-16-15-14(8-13(21)9-22-15)25(18(27)26(16)17)10-11-4-6-12(20)7-5-11/h4-9H,10H2,1-3H3. The summed E-state index contributed by atoms with van der Waals surface area (Å²) >= 11 is 6.91. The Morgan fingerprint density at radius 2 is 1.74 bits per heavy atom. The molecule has 0 atom stereocenters. The largest absolute Gasteiger partial charge is 0.336 e. The predicted molar refractivity (Wildman–Crippen MR) is 112 cm³/mol. The summed E-state index contributed by atoms with van der Waals surface area (Å²) in [5, 5.41) is 8.58. The van der Waals surface area contributed by atoms with Gasteiger partial charge in [0.15, 0.2) is 5.65 Å². The Balaban J connectivity index is 2.07. The monoisotopic (exact) mass is 489 g/mol. The van der Waals surface area contributed by atoms with Crippen LogP contribution < -0.4 is 5.69 Å². The number of benzene rings is 1. The van der Waals surface area contributed by atoms with Crippen LogP contribution in [0.3, 0.4) is 0 Å². The minimum atomic E-state index is -0.322. The van der Waals surface area contributed by atoms with Crippen LogP contribution in [0.2, 0.25) is 0 Å². The summed E-state index contributed by atoms with van der Waals surface area (Å²) < 4.78 is 5.11. The first-order chi connectivity index (χ1) is 12.8. The van der Waals surface area contributed by atoms with Crippen LogP contribution >= 0.6 is 31.9 Å². The normalized spacial score (nSPS) is 12.2. The van der Waals surface area contributed by atoms with Gasteiger partial charge in [0.1, 0.15) is 11.3 Å². The van der Waals surface area contributed by atoms with Gasteiger partial charge in [0, 0.05) is 20.6 Å². The van der Waals surface area contributed by atoms with E-state index in [0.29, 0.717) is 23.5 Å². The molecule has 0 saturated carbocycles. The van der Waals surface area contributed by atoms with Crippen molar-refractivity contribution in [3.63, 3.8) is 0 Å². The van der Waals surface area contributed by atoms with Gasteiger partial charge < -0.3 is 0 Å². The zero-order chi connectivity index (χ0) is 19.3. The SMILES string of the molecule is CC(C)(C)c1nnc2c3ncc(Br)cc3n(Cc3ccc(Br)cc3)c(=O)n12. The van der Waals surface area contributed by atoms with Crippen LogP contribution in [0.15, 0.2) is 50.3 Å². The van der Waals surface area contributed by atoms with E-state index in [1.54, 1.807) is 15.2 Å². The van der Waals surface area contributed by atoms with Gasteiger partial charge in [-0.3, -0.25) is 4.57 Å². The van der Waals surface area contributed by atoms with E-state index in [9.17, 15) is 4.79 Å². The number of rotatable bonds is 2. The highest BCUT2D eigenvalue weighted by molar-refractivity contribution is 9.10. The molecular weight excluding hydrogens is 474 g/mol. The summed E-state index contributed by atoms with van der Waals surface area (Å²) in [4.78, 5) is 18.0. The molecule has 4 aromatic rings. The van der Waals surface area contributed by atoms with Crippen molar-refractivity contribution in [3.05, 3.63) is 67.3 Å². The molecule has 8 heteroatoms. The highest BCUT2D eigenvalue weighted by atomic mass is 79.9. The van der Waals surface area contributed by atoms with E-state index in [0.717, 1.165) is 20.0 Å². The summed E-state index contributed by atoms with van der Waals surface area (Å²) in [7, 11) is 0. The predicted octanol–water partition coefficient (Wildman–Crippen LogP) is 4.31. The van der Waals surface area contributed by atoms with Gasteiger partial charge in [-0.25, -0.2) is 14.2 Å². The molecule has 6 nitrogen and oxygen atoms in total. The molecule has 3 heterocycles. The summed E-state index contributed by atoms with van der Waals surface area (Å²) in [6, 6.07) is 9.82. The van der Waals surface area contributed by atoms with E-state index >= 15 is 0 Å². The minimum Gasteiger partial charge on any atom is -0.287 e. The van der Waals surface area contributed by atoms with E-state index < -0.39 is 0 Å². The van der Waals surface area contributed by atoms with Crippen LogP contribution in [0.1, 0.15) is 32.2 Å². The van der Waals surface area contributed by atoms with Gasteiger partial charge in [-0.05, 0) is 39.7 Å². The molecule has 0 bridgehead atoms. The van der Waals surface area contributed by atoms with Crippen molar-refractivity contribution in [2.24, 2.45) is 0 Å². The first-order valence-corrected chi connectivity index (χ1v) is 10.0. The van der Waals surface area contributed by atoms with Crippen LogP contribution in [0.5, 0.6) is 0 Å². The quantitative estimate of drug-likeness (QED) is 0.420. The van der Waals surface area contributed by atoms with E-state index in [4.69, 9.17) is 0 Å². The van der Waals surface area contributed by atoms with Gasteiger partial charge in [-0.1, -0.05) is 48.8 Å². The maximum absolute atomic E-state index is 13.4. The van der Waals surface area contributed by atoms with E-state index in [1.807, 2.05) is 51.1 Å². The van der Waals surface area contributed by atoms with Gasteiger partial charge >= 0.3 is 5.69 Å². The second-order valence-corrected chi connectivity index (χ2v) is 9.28. The molecule has 0 aliphatic rings. The summed E-state index contributed by atoms with van der Waals surface area (Å²) in [6.07, 6.45) is 1.71. The van der Waals surface area contributed by atoms with Crippen LogP contribution in [0, 0.1) is 0 Å². The number of pyridine rings is 1. The molecule has 0 aliphatic heterocycles. The van der Waals surface area contributed by atoms with E-state index in [-0.39, 0.29) is 11.1 Å². The second kappa shape index (κ2) is 6.53. The highest BCUT2D eigenvalue weighted by Crippen LogP contribution is 2.24.